The van der Waals surface area contributed by atoms with Crippen LogP contribution in [0, 0.1) is 11.7 Å². The van der Waals surface area contributed by atoms with E-state index in [-0.39, 0.29) is 17.6 Å². The number of halogens is 1. The van der Waals surface area contributed by atoms with Gasteiger partial charge in [0.2, 0.25) is 5.91 Å². The van der Waals surface area contributed by atoms with Crippen LogP contribution in [0.4, 0.5) is 10.1 Å². The van der Waals surface area contributed by atoms with Gasteiger partial charge >= 0.3 is 0 Å². The largest absolute Gasteiger partial charge is 0.326 e. The zero-order valence-electron chi connectivity index (χ0n) is 13.7. The zero-order chi connectivity index (χ0) is 17.2. The highest BCUT2D eigenvalue weighted by molar-refractivity contribution is 5.95. The number of carbonyl (C=O) groups is 1. The van der Waals surface area contributed by atoms with Gasteiger partial charge in [0.1, 0.15) is 5.82 Å². The molecular formula is C19H19FN4O. The molecule has 2 N–H and O–H groups in total. The van der Waals surface area contributed by atoms with E-state index in [4.69, 9.17) is 0 Å². The highest BCUT2D eigenvalue weighted by atomic mass is 19.1. The quantitative estimate of drug-likeness (QED) is 0.768. The Bertz CT molecular complexity index is 890. The predicted molar refractivity (Wildman–Crippen MR) is 94.5 cm³/mol. The number of aromatic nitrogens is 2. The second-order valence-corrected chi connectivity index (χ2v) is 6.51. The van der Waals surface area contributed by atoms with Gasteiger partial charge in [-0.25, -0.2) is 4.39 Å². The lowest BCUT2D eigenvalue weighted by Gasteiger charge is -2.16. The predicted octanol–water partition coefficient (Wildman–Crippen LogP) is 3.16. The lowest BCUT2D eigenvalue weighted by atomic mass is 10.1. The minimum Gasteiger partial charge on any atom is -0.326 e. The molecule has 0 radical (unpaired) electrons. The summed E-state index contributed by atoms with van der Waals surface area (Å²) < 4.78 is 13.0. The van der Waals surface area contributed by atoms with Crippen molar-refractivity contribution in [2.45, 2.75) is 13.0 Å². The summed E-state index contributed by atoms with van der Waals surface area (Å²) in [7, 11) is 0. The number of hydrogen-bond acceptors (Lipinski definition) is 3. The van der Waals surface area contributed by atoms with Crippen LogP contribution in [0.2, 0.25) is 0 Å². The van der Waals surface area contributed by atoms with E-state index in [1.807, 2.05) is 18.2 Å². The Morgan fingerprint density at radius 1 is 1.28 bits per heavy atom. The van der Waals surface area contributed by atoms with Crippen LogP contribution in [-0.2, 0) is 11.3 Å². The third-order valence-corrected chi connectivity index (χ3v) is 4.67. The molecule has 1 fully saturated rings. The van der Waals surface area contributed by atoms with Crippen molar-refractivity contribution >= 4 is 22.5 Å². The van der Waals surface area contributed by atoms with E-state index in [9.17, 15) is 9.18 Å². The maximum atomic E-state index is 13.0. The molecule has 1 atom stereocenters. The SMILES string of the molecule is O=C(Nc1ccc2[nH]ncc2c1)C1CCN(Cc2ccc(F)cc2)C1. The molecule has 6 heteroatoms. The summed E-state index contributed by atoms with van der Waals surface area (Å²) in [6, 6.07) is 12.2. The Morgan fingerprint density at radius 2 is 2.12 bits per heavy atom. The van der Waals surface area contributed by atoms with Gasteiger partial charge in [0, 0.05) is 24.2 Å². The highest BCUT2D eigenvalue weighted by Gasteiger charge is 2.28. The number of carbonyl (C=O) groups excluding carboxylic acids is 1. The third kappa shape index (κ3) is 3.53. The monoisotopic (exact) mass is 338 g/mol. The zero-order valence-corrected chi connectivity index (χ0v) is 13.7. The van der Waals surface area contributed by atoms with E-state index in [0.717, 1.165) is 48.2 Å². The molecule has 0 bridgehead atoms. The Morgan fingerprint density at radius 3 is 2.96 bits per heavy atom. The first-order valence-corrected chi connectivity index (χ1v) is 8.38. The molecule has 1 unspecified atom stereocenters. The normalized spacial score (nSPS) is 17.9. The van der Waals surface area contributed by atoms with Gasteiger partial charge in [0.05, 0.1) is 17.6 Å². The van der Waals surface area contributed by atoms with Gasteiger partial charge < -0.3 is 5.32 Å². The van der Waals surface area contributed by atoms with Crippen molar-refractivity contribution in [1.82, 2.24) is 15.1 Å². The van der Waals surface area contributed by atoms with Gasteiger partial charge in [0.25, 0.3) is 0 Å². The van der Waals surface area contributed by atoms with Crippen molar-refractivity contribution < 1.29 is 9.18 Å². The number of rotatable bonds is 4. The van der Waals surface area contributed by atoms with Gasteiger partial charge in [-0.1, -0.05) is 12.1 Å². The van der Waals surface area contributed by atoms with Crippen LogP contribution >= 0.6 is 0 Å². The summed E-state index contributed by atoms with van der Waals surface area (Å²) in [6.07, 6.45) is 2.58. The second-order valence-electron chi connectivity index (χ2n) is 6.51. The molecule has 1 amide bonds. The van der Waals surface area contributed by atoms with Gasteiger partial charge in [0.15, 0.2) is 0 Å². The molecule has 0 saturated carbocycles. The molecule has 2 aromatic carbocycles. The molecule has 128 valence electrons. The number of nitrogens with one attached hydrogen (secondary N) is 2. The van der Waals surface area contributed by atoms with Crippen molar-refractivity contribution in [3.05, 3.63) is 60.0 Å². The Kier molecular flexibility index (Phi) is 4.19. The third-order valence-electron chi connectivity index (χ3n) is 4.67. The number of hydrogen-bond donors (Lipinski definition) is 2. The lowest BCUT2D eigenvalue weighted by Crippen LogP contribution is -2.26. The van der Waals surface area contributed by atoms with Crippen LogP contribution in [0.3, 0.4) is 0 Å². The number of anilines is 1. The van der Waals surface area contributed by atoms with Gasteiger partial charge in [-0.3, -0.25) is 14.8 Å². The smallest absolute Gasteiger partial charge is 0.228 e. The molecule has 0 aliphatic carbocycles. The summed E-state index contributed by atoms with van der Waals surface area (Å²) in [6.45, 7) is 2.33. The summed E-state index contributed by atoms with van der Waals surface area (Å²) in [5.41, 5.74) is 2.80. The summed E-state index contributed by atoms with van der Waals surface area (Å²) >= 11 is 0. The molecule has 1 aromatic heterocycles. The first-order chi connectivity index (χ1) is 12.2. The molecule has 1 aliphatic rings. The van der Waals surface area contributed by atoms with E-state index in [1.54, 1.807) is 18.3 Å². The second kappa shape index (κ2) is 6.64. The van der Waals surface area contributed by atoms with Crippen LogP contribution < -0.4 is 5.32 Å². The Hall–Kier alpha value is -2.73. The summed E-state index contributed by atoms with van der Waals surface area (Å²) in [5, 5.41) is 10.9. The number of H-pyrrole nitrogens is 1. The number of amides is 1. The molecule has 2 heterocycles. The van der Waals surface area contributed by atoms with Crippen LogP contribution in [0.5, 0.6) is 0 Å². The van der Waals surface area contributed by atoms with Crippen LogP contribution in [0.25, 0.3) is 10.9 Å². The fourth-order valence-corrected chi connectivity index (χ4v) is 3.30. The van der Waals surface area contributed by atoms with Crippen LogP contribution in [0.1, 0.15) is 12.0 Å². The average molecular weight is 338 g/mol. The maximum Gasteiger partial charge on any atom is 0.228 e. The number of likely N-dealkylation sites (tertiary alicyclic amines) is 1. The number of nitrogens with zero attached hydrogens (tertiary/aromatic N) is 2. The first kappa shape index (κ1) is 15.8. The van der Waals surface area contributed by atoms with Crippen LogP contribution in [-0.4, -0.2) is 34.1 Å². The minimum absolute atomic E-state index is 0.0273. The topological polar surface area (TPSA) is 61.0 Å². The van der Waals surface area contributed by atoms with E-state index < -0.39 is 0 Å². The first-order valence-electron chi connectivity index (χ1n) is 8.38. The summed E-state index contributed by atoms with van der Waals surface area (Å²) in [4.78, 5) is 14.8. The maximum absolute atomic E-state index is 13.0. The number of benzene rings is 2. The fraction of sp³-hybridized carbons (Fsp3) is 0.263. The van der Waals surface area contributed by atoms with Crippen molar-refractivity contribution in [2.24, 2.45) is 5.92 Å². The van der Waals surface area contributed by atoms with Gasteiger partial charge in [-0.2, -0.15) is 5.10 Å². The van der Waals surface area contributed by atoms with Crippen molar-refractivity contribution in [2.75, 3.05) is 18.4 Å². The number of fused-ring (bicyclic) bond motifs is 1. The van der Waals surface area contributed by atoms with Gasteiger partial charge in [-0.05, 0) is 48.9 Å². The molecule has 3 aromatic rings. The molecule has 4 rings (SSSR count). The van der Waals surface area contributed by atoms with Crippen molar-refractivity contribution in [1.29, 1.82) is 0 Å². The Labute approximate surface area is 144 Å². The van der Waals surface area contributed by atoms with Crippen LogP contribution in [0.15, 0.2) is 48.7 Å². The summed E-state index contributed by atoms with van der Waals surface area (Å²) in [5.74, 6) is -0.207. The lowest BCUT2D eigenvalue weighted by molar-refractivity contribution is -0.119. The molecule has 1 saturated heterocycles. The number of aromatic amines is 1. The molecule has 5 nitrogen and oxygen atoms in total. The minimum atomic E-state index is -0.225. The molecule has 25 heavy (non-hydrogen) atoms. The van der Waals surface area contributed by atoms with Crippen molar-refractivity contribution in [3.8, 4) is 0 Å². The molecule has 0 spiro atoms. The van der Waals surface area contributed by atoms with E-state index in [2.05, 4.69) is 20.4 Å². The average Bonchev–Trinajstić information content (AvgIpc) is 3.26. The standard InChI is InChI=1S/C19H19FN4O/c20-16-3-1-13(2-4-16)11-24-8-7-14(12-24)19(25)22-17-5-6-18-15(9-17)10-21-23-18/h1-6,9-10,14H,7-8,11-12H2,(H,21,23)(H,22,25). The fourth-order valence-electron chi connectivity index (χ4n) is 3.30. The molecule has 1 aliphatic heterocycles. The van der Waals surface area contributed by atoms with E-state index >= 15 is 0 Å². The molecular weight excluding hydrogens is 319 g/mol. The van der Waals surface area contributed by atoms with Gasteiger partial charge in [-0.15, -0.1) is 0 Å². The Balaban J connectivity index is 1.35. The van der Waals surface area contributed by atoms with E-state index in [0.29, 0.717) is 0 Å². The highest BCUT2D eigenvalue weighted by Crippen LogP contribution is 2.22. The van der Waals surface area contributed by atoms with E-state index in [1.165, 1.54) is 12.1 Å². The van der Waals surface area contributed by atoms with Crippen molar-refractivity contribution in [3.63, 3.8) is 0 Å².